The zero-order valence-electron chi connectivity index (χ0n) is 18.8. The fourth-order valence-corrected chi connectivity index (χ4v) is 5.88. The van der Waals surface area contributed by atoms with Gasteiger partial charge in [-0.2, -0.15) is 0 Å². The number of rotatable bonds is 6. The number of nitrogens with one attached hydrogen (secondary N) is 2. The van der Waals surface area contributed by atoms with Crippen molar-refractivity contribution in [3.63, 3.8) is 0 Å². The van der Waals surface area contributed by atoms with Crippen molar-refractivity contribution in [1.82, 2.24) is 10.3 Å². The van der Waals surface area contributed by atoms with E-state index in [1.807, 2.05) is 31.2 Å². The Labute approximate surface area is 207 Å². The standard InChI is InChI=1S/C26H26Cl2N2O4/c1-14-20-19(11-10-18(27)22(20)28)29-23(14)24(31)30-26(12-34-13-26)17-8-6-16(7-9-17)21(25(32)33)15-4-2-3-5-15/h6-11,15,21,29H,2-5,12-13H2,1H3,(H,30,31)(H,32,33). The van der Waals surface area contributed by atoms with Crippen LogP contribution >= 0.6 is 23.2 Å². The number of aromatic amines is 1. The lowest BCUT2D eigenvalue weighted by Gasteiger charge is -2.42. The molecule has 2 aliphatic rings. The number of H-pyrrole nitrogens is 1. The molecule has 2 fully saturated rings. The number of fused-ring (bicyclic) bond motifs is 1. The number of ether oxygens (including phenoxy) is 1. The van der Waals surface area contributed by atoms with Crippen LogP contribution in [-0.2, 0) is 15.1 Å². The molecule has 1 aliphatic heterocycles. The second-order valence-electron chi connectivity index (χ2n) is 9.42. The van der Waals surface area contributed by atoms with Gasteiger partial charge in [-0.05, 0) is 54.5 Å². The molecule has 2 heterocycles. The van der Waals surface area contributed by atoms with Crippen molar-refractivity contribution in [3.8, 4) is 0 Å². The van der Waals surface area contributed by atoms with Gasteiger partial charge in [-0.3, -0.25) is 9.59 Å². The molecule has 1 saturated carbocycles. The predicted molar refractivity (Wildman–Crippen MR) is 132 cm³/mol. The van der Waals surface area contributed by atoms with Gasteiger partial charge >= 0.3 is 5.97 Å². The molecule has 3 N–H and O–H groups in total. The van der Waals surface area contributed by atoms with Crippen molar-refractivity contribution < 1.29 is 19.4 Å². The monoisotopic (exact) mass is 500 g/mol. The minimum Gasteiger partial charge on any atom is -0.481 e. The molecule has 34 heavy (non-hydrogen) atoms. The summed E-state index contributed by atoms with van der Waals surface area (Å²) in [5.41, 5.74) is 2.92. The number of carbonyl (C=O) groups excluding carboxylic acids is 1. The molecule has 1 unspecified atom stereocenters. The van der Waals surface area contributed by atoms with Gasteiger partial charge in [0, 0.05) is 10.9 Å². The molecule has 1 aromatic heterocycles. The maximum Gasteiger partial charge on any atom is 0.311 e. The Kier molecular flexibility index (Phi) is 6.09. The van der Waals surface area contributed by atoms with Crippen LogP contribution in [0.25, 0.3) is 10.9 Å². The minimum absolute atomic E-state index is 0.175. The van der Waals surface area contributed by atoms with Gasteiger partial charge in [0.1, 0.15) is 11.2 Å². The van der Waals surface area contributed by atoms with E-state index in [-0.39, 0.29) is 11.8 Å². The van der Waals surface area contributed by atoms with E-state index in [1.165, 1.54) is 0 Å². The number of carboxylic acids is 1. The van der Waals surface area contributed by atoms with Crippen molar-refractivity contribution in [2.24, 2.45) is 5.92 Å². The summed E-state index contributed by atoms with van der Waals surface area (Å²) in [4.78, 5) is 28.5. The molecule has 0 radical (unpaired) electrons. The Balaban J connectivity index is 1.41. The first-order chi connectivity index (χ1) is 16.3. The lowest BCUT2D eigenvalue weighted by atomic mass is 9.82. The van der Waals surface area contributed by atoms with Crippen molar-refractivity contribution >= 4 is 46.0 Å². The van der Waals surface area contributed by atoms with E-state index < -0.39 is 17.4 Å². The number of hydrogen-bond acceptors (Lipinski definition) is 3. The summed E-state index contributed by atoms with van der Waals surface area (Å²) in [5, 5.41) is 14.6. The van der Waals surface area contributed by atoms with Crippen molar-refractivity contribution in [1.29, 1.82) is 0 Å². The van der Waals surface area contributed by atoms with Crippen LogP contribution in [0.5, 0.6) is 0 Å². The molecular weight excluding hydrogens is 475 g/mol. The first kappa shape index (κ1) is 23.2. The van der Waals surface area contributed by atoms with Gasteiger partial charge in [0.15, 0.2) is 0 Å². The molecule has 0 spiro atoms. The third-order valence-corrected chi connectivity index (χ3v) is 8.15. The molecule has 3 aromatic rings. The van der Waals surface area contributed by atoms with Gasteiger partial charge in [0.25, 0.3) is 5.91 Å². The van der Waals surface area contributed by atoms with Gasteiger partial charge < -0.3 is 20.1 Å². The molecule has 1 aliphatic carbocycles. The van der Waals surface area contributed by atoms with Crippen molar-refractivity contribution in [3.05, 3.63) is 68.8 Å². The van der Waals surface area contributed by atoms with Crippen LogP contribution in [0, 0.1) is 12.8 Å². The summed E-state index contributed by atoms with van der Waals surface area (Å²) in [7, 11) is 0. The van der Waals surface area contributed by atoms with Crippen molar-refractivity contribution in [2.45, 2.75) is 44.1 Å². The molecule has 1 amide bonds. The van der Waals surface area contributed by atoms with E-state index in [1.54, 1.807) is 12.1 Å². The molecule has 5 rings (SSSR count). The van der Waals surface area contributed by atoms with Gasteiger partial charge in [-0.15, -0.1) is 0 Å². The highest BCUT2D eigenvalue weighted by molar-refractivity contribution is 6.45. The van der Waals surface area contributed by atoms with E-state index in [0.29, 0.717) is 29.0 Å². The Morgan fingerprint density at radius 3 is 2.38 bits per heavy atom. The zero-order valence-corrected chi connectivity index (χ0v) is 20.3. The number of amides is 1. The van der Waals surface area contributed by atoms with Crippen LogP contribution in [0.2, 0.25) is 10.0 Å². The molecular formula is C26H26Cl2N2O4. The quantitative estimate of drug-likeness (QED) is 0.398. The summed E-state index contributed by atoms with van der Waals surface area (Å²) in [6, 6.07) is 11.1. The van der Waals surface area contributed by atoms with E-state index in [0.717, 1.165) is 53.3 Å². The maximum absolute atomic E-state index is 13.3. The van der Waals surface area contributed by atoms with Crippen LogP contribution in [0.1, 0.15) is 58.8 Å². The largest absolute Gasteiger partial charge is 0.481 e. The summed E-state index contributed by atoms with van der Waals surface area (Å²) in [6.45, 7) is 2.52. The average molecular weight is 501 g/mol. The number of carboxylic acid groups (broad SMARTS) is 1. The smallest absolute Gasteiger partial charge is 0.311 e. The molecule has 1 saturated heterocycles. The molecule has 0 bridgehead atoms. The summed E-state index contributed by atoms with van der Waals surface area (Å²) in [5.74, 6) is -1.36. The Hall–Kier alpha value is -2.54. The van der Waals surface area contributed by atoms with Gasteiger partial charge in [-0.1, -0.05) is 60.3 Å². The first-order valence-electron chi connectivity index (χ1n) is 11.5. The molecule has 8 heteroatoms. The zero-order chi connectivity index (χ0) is 24.0. The Bertz CT molecular complexity index is 1260. The number of benzene rings is 2. The Morgan fingerprint density at radius 1 is 1.12 bits per heavy atom. The van der Waals surface area contributed by atoms with Crippen molar-refractivity contribution in [2.75, 3.05) is 13.2 Å². The van der Waals surface area contributed by atoms with Gasteiger partial charge in [-0.25, -0.2) is 0 Å². The van der Waals surface area contributed by atoms with Gasteiger partial charge in [0.05, 0.1) is 29.2 Å². The fraction of sp³-hybridized carbons (Fsp3) is 0.385. The first-order valence-corrected chi connectivity index (χ1v) is 12.3. The van der Waals surface area contributed by atoms with Crippen LogP contribution in [0.15, 0.2) is 36.4 Å². The van der Waals surface area contributed by atoms with Crippen LogP contribution in [0.3, 0.4) is 0 Å². The van der Waals surface area contributed by atoms with E-state index in [9.17, 15) is 14.7 Å². The number of carbonyl (C=O) groups is 2. The summed E-state index contributed by atoms with van der Waals surface area (Å²) in [6.07, 6.45) is 4.07. The van der Waals surface area contributed by atoms with Crippen LogP contribution in [0.4, 0.5) is 0 Å². The highest BCUT2D eigenvalue weighted by Gasteiger charge is 2.43. The third kappa shape index (κ3) is 3.88. The van der Waals surface area contributed by atoms with E-state index >= 15 is 0 Å². The molecule has 178 valence electrons. The second-order valence-corrected chi connectivity index (χ2v) is 10.2. The molecule has 6 nitrogen and oxygen atoms in total. The lowest BCUT2D eigenvalue weighted by Crippen LogP contribution is -2.59. The third-order valence-electron chi connectivity index (χ3n) is 7.34. The maximum atomic E-state index is 13.3. The normalized spacial score (nSPS) is 18.6. The van der Waals surface area contributed by atoms with Crippen LogP contribution < -0.4 is 5.32 Å². The molecule has 2 aromatic carbocycles. The number of hydrogen-bond donors (Lipinski definition) is 3. The van der Waals surface area contributed by atoms with Crippen LogP contribution in [-0.4, -0.2) is 35.2 Å². The molecule has 1 atom stereocenters. The number of aromatic nitrogens is 1. The van der Waals surface area contributed by atoms with Gasteiger partial charge in [0.2, 0.25) is 0 Å². The number of halogens is 2. The second kappa shape index (κ2) is 8.91. The minimum atomic E-state index is -0.775. The topological polar surface area (TPSA) is 91.4 Å². The average Bonchev–Trinajstić information content (AvgIpc) is 3.42. The van der Waals surface area contributed by atoms with E-state index in [4.69, 9.17) is 27.9 Å². The predicted octanol–water partition coefficient (Wildman–Crippen LogP) is 5.80. The lowest BCUT2D eigenvalue weighted by molar-refractivity contribution is -0.140. The Morgan fingerprint density at radius 2 is 1.79 bits per heavy atom. The summed E-state index contributed by atoms with van der Waals surface area (Å²) >= 11 is 12.5. The SMILES string of the molecule is Cc1c(C(=O)NC2(c3ccc(C(C(=O)O)C4CCCC4)cc3)COC2)[nH]c2ccc(Cl)c(Cl)c12. The number of aliphatic carboxylic acids is 1. The fourth-order valence-electron chi connectivity index (χ4n) is 5.42. The summed E-state index contributed by atoms with van der Waals surface area (Å²) < 4.78 is 5.49. The highest BCUT2D eigenvalue weighted by atomic mass is 35.5. The highest BCUT2D eigenvalue weighted by Crippen LogP contribution is 2.39. The van der Waals surface area contributed by atoms with E-state index in [2.05, 4.69) is 10.3 Å². The number of aryl methyl sites for hydroxylation is 1.